The zero-order valence-electron chi connectivity index (χ0n) is 13.7. The van der Waals surface area contributed by atoms with Gasteiger partial charge in [0.25, 0.3) is 0 Å². The quantitative estimate of drug-likeness (QED) is 0.818. The van der Waals surface area contributed by atoms with Crippen molar-refractivity contribution in [3.05, 3.63) is 34.3 Å². The van der Waals surface area contributed by atoms with Gasteiger partial charge in [-0.15, -0.1) is 0 Å². The summed E-state index contributed by atoms with van der Waals surface area (Å²) in [6.07, 6.45) is 7.90. The molecule has 3 nitrogen and oxygen atoms in total. The fraction of sp³-hybridized carbons (Fsp3) is 0.632. The lowest BCUT2D eigenvalue weighted by molar-refractivity contribution is -0.126. The third-order valence-corrected chi connectivity index (χ3v) is 6.05. The Labute approximate surface area is 147 Å². The number of carbonyl (C=O) groups is 1. The van der Waals surface area contributed by atoms with Crippen molar-refractivity contribution >= 4 is 21.8 Å². The van der Waals surface area contributed by atoms with E-state index in [1.807, 2.05) is 0 Å². The van der Waals surface area contributed by atoms with Gasteiger partial charge in [0.2, 0.25) is 5.91 Å². The Balaban J connectivity index is 1.61. The lowest BCUT2D eigenvalue weighted by Gasteiger charge is -2.29. The Morgan fingerprint density at radius 3 is 2.61 bits per heavy atom. The summed E-state index contributed by atoms with van der Waals surface area (Å²) in [5, 5.41) is 6.70. The second-order valence-electron chi connectivity index (χ2n) is 7.05. The van der Waals surface area contributed by atoms with Crippen LogP contribution in [0.25, 0.3) is 0 Å². The lowest BCUT2D eigenvalue weighted by Crippen LogP contribution is -2.43. The van der Waals surface area contributed by atoms with Crippen LogP contribution in [0.3, 0.4) is 0 Å². The number of carbonyl (C=O) groups excluding carboxylic acids is 1. The molecule has 1 aromatic rings. The van der Waals surface area contributed by atoms with Crippen LogP contribution in [0.4, 0.5) is 0 Å². The largest absolute Gasteiger partial charge is 0.355 e. The highest BCUT2D eigenvalue weighted by Crippen LogP contribution is 2.41. The van der Waals surface area contributed by atoms with Crippen molar-refractivity contribution in [3.63, 3.8) is 0 Å². The van der Waals surface area contributed by atoms with E-state index in [0.717, 1.165) is 62.1 Å². The monoisotopic (exact) mass is 378 g/mol. The minimum absolute atomic E-state index is 0.237. The van der Waals surface area contributed by atoms with E-state index in [2.05, 4.69) is 50.8 Å². The molecule has 1 amide bonds. The van der Waals surface area contributed by atoms with E-state index in [9.17, 15) is 4.79 Å². The standard InChI is InChI=1S/C19H27BrN2O/c20-17-7-5-16(6-8-17)19(10-1-2-11-19)18(23)22-13-9-15-4-3-12-21-14-15/h5-8,15,21H,1-4,9-14H2,(H,22,23). The Bertz CT molecular complexity index is 517. The van der Waals surface area contributed by atoms with Gasteiger partial charge < -0.3 is 10.6 Å². The number of nitrogens with one attached hydrogen (secondary N) is 2. The van der Waals surface area contributed by atoms with Crippen LogP contribution in [0, 0.1) is 5.92 Å². The molecule has 1 atom stereocenters. The highest BCUT2D eigenvalue weighted by molar-refractivity contribution is 9.10. The molecule has 0 bridgehead atoms. The fourth-order valence-electron chi connectivity index (χ4n) is 4.12. The van der Waals surface area contributed by atoms with Crippen LogP contribution < -0.4 is 10.6 Å². The van der Waals surface area contributed by atoms with E-state index < -0.39 is 0 Å². The maximum Gasteiger partial charge on any atom is 0.230 e. The number of amides is 1. The maximum absolute atomic E-state index is 13.0. The van der Waals surface area contributed by atoms with Gasteiger partial charge in [-0.05, 0) is 68.8 Å². The number of hydrogen-bond acceptors (Lipinski definition) is 2. The first-order chi connectivity index (χ1) is 11.2. The lowest BCUT2D eigenvalue weighted by atomic mass is 9.78. The molecule has 1 aliphatic carbocycles. The first-order valence-electron chi connectivity index (χ1n) is 8.96. The highest BCUT2D eigenvalue weighted by Gasteiger charge is 2.42. The summed E-state index contributed by atoms with van der Waals surface area (Å²) in [4.78, 5) is 13.0. The molecule has 0 aromatic heterocycles. The average molecular weight is 379 g/mol. The molecule has 1 heterocycles. The average Bonchev–Trinajstić information content (AvgIpc) is 3.07. The number of benzene rings is 1. The Morgan fingerprint density at radius 1 is 1.22 bits per heavy atom. The SMILES string of the molecule is O=C(NCCC1CCCNC1)C1(c2ccc(Br)cc2)CCCC1. The molecule has 0 radical (unpaired) electrons. The van der Waals surface area contributed by atoms with Crippen LogP contribution in [-0.4, -0.2) is 25.5 Å². The molecule has 1 saturated carbocycles. The van der Waals surface area contributed by atoms with E-state index in [0.29, 0.717) is 0 Å². The van der Waals surface area contributed by atoms with Crippen LogP contribution in [-0.2, 0) is 10.2 Å². The van der Waals surface area contributed by atoms with Crippen molar-refractivity contribution in [2.24, 2.45) is 5.92 Å². The molecule has 0 spiro atoms. The minimum Gasteiger partial charge on any atom is -0.355 e. The van der Waals surface area contributed by atoms with Crippen LogP contribution in [0.2, 0.25) is 0 Å². The van der Waals surface area contributed by atoms with Crippen LogP contribution in [0.5, 0.6) is 0 Å². The molecular weight excluding hydrogens is 352 g/mol. The van der Waals surface area contributed by atoms with Gasteiger partial charge in [-0.3, -0.25) is 4.79 Å². The Morgan fingerprint density at radius 2 is 1.96 bits per heavy atom. The summed E-state index contributed by atoms with van der Waals surface area (Å²) in [5.41, 5.74) is 0.876. The molecule has 126 valence electrons. The molecule has 3 rings (SSSR count). The van der Waals surface area contributed by atoms with Gasteiger partial charge in [0.1, 0.15) is 0 Å². The summed E-state index contributed by atoms with van der Waals surface area (Å²) >= 11 is 3.49. The zero-order valence-corrected chi connectivity index (χ0v) is 15.3. The molecule has 1 aromatic carbocycles. The Kier molecular flexibility index (Phi) is 5.76. The second kappa shape index (κ2) is 7.80. The second-order valence-corrected chi connectivity index (χ2v) is 7.97. The summed E-state index contributed by atoms with van der Waals surface area (Å²) in [5.74, 6) is 0.956. The van der Waals surface area contributed by atoms with Crippen molar-refractivity contribution < 1.29 is 4.79 Å². The number of hydrogen-bond donors (Lipinski definition) is 2. The predicted octanol–water partition coefficient (Wildman–Crippen LogP) is 3.77. The molecule has 23 heavy (non-hydrogen) atoms. The minimum atomic E-state index is -0.300. The van der Waals surface area contributed by atoms with E-state index in [1.54, 1.807) is 0 Å². The van der Waals surface area contributed by atoms with E-state index in [1.165, 1.54) is 18.4 Å². The molecule has 1 saturated heterocycles. The van der Waals surface area contributed by atoms with E-state index in [-0.39, 0.29) is 11.3 Å². The van der Waals surface area contributed by atoms with Crippen molar-refractivity contribution in [2.45, 2.75) is 50.4 Å². The van der Waals surface area contributed by atoms with Gasteiger partial charge in [0, 0.05) is 11.0 Å². The molecule has 2 fully saturated rings. The van der Waals surface area contributed by atoms with Gasteiger partial charge in [-0.2, -0.15) is 0 Å². The topological polar surface area (TPSA) is 41.1 Å². The molecule has 1 aliphatic heterocycles. The fourth-order valence-corrected chi connectivity index (χ4v) is 4.39. The van der Waals surface area contributed by atoms with Crippen molar-refractivity contribution in [1.29, 1.82) is 0 Å². The summed E-state index contributed by atoms with van der Waals surface area (Å²) in [7, 11) is 0. The predicted molar refractivity (Wildman–Crippen MR) is 97.5 cm³/mol. The van der Waals surface area contributed by atoms with Crippen molar-refractivity contribution in [3.8, 4) is 0 Å². The normalized spacial score (nSPS) is 23.6. The first kappa shape index (κ1) is 17.0. The molecule has 2 aliphatic rings. The van der Waals surface area contributed by atoms with Gasteiger partial charge >= 0.3 is 0 Å². The first-order valence-corrected chi connectivity index (χ1v) is 9.75. The molecule has 2 N–H and O–H groups in total. The van der Waals surface area contributed by atoms with Crippen molar-refractivity contribution in [1.82, 2.24) is 10.6 Å². The van der Waals surface area contributed by atoms with Crippen LogP contribution in [0.1, 0.15) is 50.5 Å². The number of halogens is 1. The maximum atomic E-state index is 13.0. The third kappa shape index (κ3) is 3.97. The Hall–Kier alpha value is -0.870. The third-order valence-electron chi connectivity index (χ3n) is 5.53. The number of rotatable bonds is 5. The van der Waals surface area contributed by atoms with Gasteiger partial charge in [0.15, 0.2) is 0 Å². The smallest absolute Gasteiger partial charge is 0.230 e. The highest BCUT2D eigenvalue weighted by atomic mass is 79.9. The van der Waals surface area contributed by atoms with Crippen molar-refractivity contribution in [2.75, 3.05) is 19.6 Å². The van der Waals surface area contributed by atoms with Gasteiger partial charge in [-0.25, -0.2) is 0 Å². The van der Waals surface area contributed by atoms with Crippen LogP contribution >= 0.6 is 15.9 Å². The summed E-state index contributed by atoms with van der Waals surface area (Å²) in [6, 6.07) is 8.33. The molecule has 1 unspecified atom stereocenters. The summed E-state index contributed by atoms with van der Waals surface area (Å²) in [6.45, 7) is 3.06. The van der Waals surface area contributed by atoms with E-state index >= 15 is 0 Å². The van der Waals surface area contributed by atoms with Gasteiger partial charge in [0.05, 0.1) is 5.41 Å². The van der Waals surface area contributed by atoms with Crippen LogP contribution in [0.15, 0.2) is 28.7 Å². The zero-order chi connectivity index (χ0) is 16.1. The van der Waals surface area contributed by atoms with Gasteiger partial charge in [-0.1, -0.05) is 40.9 Å². The summed E-state index contributed by atoms with van der Waals surface area (Å²) < 4.78 is 1.07. The number of piperidine rings is 1. The molecule has 4 heteroatoms. The van der Waals surface area contributed by atoms with E-state index in [4.69, 9.17) is 0 Å². The molecular formula is C19H27BrN2O.